The lowest BCUT2D eigenvalue weighted by molar-refractivity contribution is -0.122. The summed E-state index contributed by atoms with van der Waals surface area (Å²) in [6.07, 6.45) is 3.47. The number of hydrogen-bond donors (Lipinski definition) is 2. The average Bonchev–Trinajstić information content (AvgIpc) is 2.74. The fourth-order valence-electron chi connectivity index (χ4n) is 3.21. The number of ether oxygens (including phenoxy) is 2. The van der Waals surface area contributed by atoms with Crippen molar-refractivity contribution in [2.75, 3.05) is 18.6 Å². The molecule has 0 spiro atoms. The van der Waals surface area contributed by atoms with E-state index < -0.39 is 11.8 Å². The zero-order valence-corrected chi connectivity index (χ0v) is 18.0. The minimum Gasteiger partial charge on any atom is -0.504 e. The van der Waals surface area contributed by atoms with Crippen LogP contribution in [0.25, 0.3) is 6.08 Å². The number of phenolic OH excluding ortho intramolecular Hbond substituents is 1. The average molecular weight is 439 g/mol. The number of hydrogen-bond acceptors (Lipinski definition) is 6. The Morgan fingerprint density at radius 1 is 1.23 bits per heavy atom. The van der Waals surface area contributed by atoms with Crippen LogP contribution in [-0.2, 0) is 16.0 Å². The van der Waals surface area contributed by atoms with E-state index in [0.29, 0.717) is 35.6 Å². The molecular formula is C23H22N2O5S. The van der Waals surface area contributed by atoms with Gasteiger partial charge in [-0.05, 0) is 61.5 Å². The number of nitrogens with one attached hydrogen (secondary N) is 1. The number of anilines is 1. The number of nitrogens with zero attached hydrogens (tertiary/aromatic N) is 1. The highest BCUT2D eigenvalue weighted by molar-refractivity contribution is 7.80. The number of phenols is 1. The number of benzene rings is 2. The lowest BCUT2D eigenvalue weighted by atomic mass is 10.0. The second-order valence-electron chi connectivity index (χ2n) is 6.58. The molecule has 0 aromatic heterocycles. The van der Waals surface area contributed by atoms with Crippen molar-refractivity contribution in [2.45, 2.75) is 13.3 Å². The lowest BCUT2D eigenvalue weighted by Crippen LogP contribution is -2.54. The molecule has 2 aromatic rings. The van der Waals surface area contributed by atoms with Crippen molar-refractivity contribution >= 4 is 40.9 Å². The van der Waals surface area contributed by atoms with Gasteiger partial charge < -0.3 is 14.6 Å². The quantitative estimate of drug-likeness (QED) is 0.298. The molecule has 0 saturated carbocycles. The number of carbonyl (C=O) groups excluding carboxylic acids is 2. The number of amides is 2. The van der Waals surface area contributed by atoms with E-state index in [0.717, 1.165) is 0 Å². The van der Waals surface area contributed by atoms with Gasteiger partial charge in [-0.15, -0.1) is 6.58 Å². The van der Waals surface area contributed by atoms with Gasteiger partial charge in [0.2, 0.25) is 0 Å². The SMILES string of the molecule is C=CCc1cc(C=C2C(=O)NC(=S)N(c3ccccc3OC)C2=O)cc(OCC)c1O. The molecule has 2 aromatic carbocycles. The minimum atomic E-state index is -0.613. The molecule has 1 aliphatic rings. The van der Waals surface area contributed by atoms with Gasteiger partial charge in [0, 0.05) is 5.56 Å². The van der Waals surface area contributed by atoms with Crippen molar-refractivity contribution in [2.24, 2.45) is 0 Å². The normalized spacial score (nSPS) is 15.1. The molecule has 2 amide bonds. The monoisotopic (exact) mass is 438 g/mol. The molecule has 0 bridgehead atoms. The van der Waals surface area contributed by atoms with Crippen LogP contribution < -0.4 is 19.7 Å². The van der Waals surface area contributed by atoms with Gasteiger partial charge in [0.1, 0.15) is 11.3 Å². The highest BCUT2D eigenvalue weighted by Gasteiger charge is 2.35. The largest absolute Gasteiger partial charge is 0.504 e. The molecule has 0 radical (unpaired) electrons. The summed E-state index contributed by atoms with van der Waals surface area (Å²) in [6, 6.07) is 10.1. The van der Waals surface area contributed by atoms with E-state index in [4.69, 9.17) is 21.7 Å². The molecule has 0 aliphatic carbocycles. The molecule has 3 rings (SSSR count). The zero-order chi connectivity index (χ0) is 22.5. The molecular weight excluding hydrogens is 416 g/mol. The maximum Gasteiger partial charge on any atom is 0.270 e. The molecule has 1 fully saturated rings. The summed E-state index contributed by atoms with van der Waals surface area (Å²) in [6.45, 7) is 5.83. The molecule has 31 heavy (non-hydrogen) atoms. The molecule has 7 nitrogen and oxygen atoms in total. The Kier molecular flexibility index (Phi) is 6.71. The van der Waals surface area contributed by atoms with Crippen LogP contribution >= 0.6 is 12.2 Å². The maximum absolute atomic E-state index is 13.3. The third kappa shape index (κ3) is 4.44. The molecule has 0 unspecified atom stereocenters. The predicted molar refractivity (Wildman–Crippen MR) is 122 cm³/mol. The third-order valence-corrected chi connectivity index (χ3v) is 4.86. The van der Waals surface area contributed by atoms with E-state index in [9.17, 15) is 14.7 Å². The number of thiocarbonyl (C=S) groups is 1. The topological polar surface area (TPSA) is 88.1 Å². The van der Waals surface area contributed by atoms with Crippen molar-refractivity contribution in [1.29, 1.82) is 0 Å². The van der Waals surface area contributed by atoms with E-state index >= 15 is 0 Å². The summed E-state index contributed by atoms with van der Waals surface area (Å²) in [4.78, 5) is 27.1. The summed E-state index contributed by atoms with van der Waals surface area (Å²) < 4.78 is 10.8. The van der Waals surface area contributed by atoms with Gasteiger partial charge >= 0.3 is 0 Å². The Morgan fingerprint density at radius 2 is 1.97 bits per heavy atom. The van der Waals surface area contributed by atoms with Crippen LogP contribution in [0.5, 0.6) is 17.2 Å². The smallest absolute Gasteiger partial charge is 0.270 e. The molecule has 1 saturated heterocycles. The van der Waals surface area contributed by atoms with E-state index in [1.165, 1.54) is 18.1 Å². The maximum atomic E-state index is 13.3. The van der Waals surface area contributed by atoms with Crippen LogP contribution in [-0.4, -0.2) is 35.8 Å². The summed E-state index contributed by atoms with van der Waals surface area (Å²) in [5.41, 5.74) is 1.38. The second kappa shape index (κ2) is 9.44. The standard InChI is InChI=1S/C23H22N2O5S/c1-4-8-15-11-14(13-19(20(15)26)30-5-2)12-16-21(27)24-23(31)25(22(16)28)17-9-6-7-10-18(17)29-3/h4,6-7,9-13,26H,1,5,8H2,2-3H3,(H,24,27,31). The highest BCUT2D eigenvalue weighted by atomic mass is 32.1. The molecule has 160 valence electrons. The van der Waals surface area contributed by atoms with Crippen molar-refractivity contribution in [3.05, 3.63) is 65.8 Å². The number of allylic oxidation sites excluding steroid dienone is 1. The predicted octanol–water partition coefficient (Wildman–Crippen LogP) is 3.36. The Labute approximate surface area is 185 Å². The minimum absolute atomic E-state index is 0.000137. The third-order valence-electron chi connectivity index (χ3n) is 4.58. The lowest BCUT2D eigenvalue weighted by Gasteiger charge is -2.29. The molecule has 2 N–H and O–H groups in total. The van der Waals surface area contributed by atoms with Gasteiger partial charge in [0.25, 0.3) is 11.8 Å². The van der Waals surface area contributed by atoms with Gasteiger partial charge in [-0.2, -0.15) is 0 Å². The summed E-state index contributed by atoms with van der Waals surface area (Å²) >= 11 is 5.24. The first kappa shape index (κ1) is 22.0. The number of carbonyl (C=O) groups is 2. The van der Waals surface area contributed by atoms with Crippen molar-refractivity contribution in [1.82, 2.24) is 5.32 Å². The fraction of sp³-hybridized carbons (Fsp3) is 0.174. The number of rotatable bonds is 7. The first-order chi connectivity index (χ1) is 14.9. The first-order valence-corrected chi connectivity index (χ1v) is 9.96. The van der Waals surface area contributed by atoms with Crippen LogP contribution in [0.1, 0.15) is 18.1 Å². The van der Waals surface area contributed by atoms with E-state index in [1.807, 2.05) is 0 Å². The van der Waals surface area contributed by atoms with Crippen molar-refractivity contribution in [3.8, 4) is 17.2 Å². The van der Waals surface area contributed by atoms with E-state index in [-0.39, 0.29) is 22.2 Å². The van der Waals surface area contributed by atoms with Crippen LogP contribution in [0.15, 0.2) is 54.6 Å². The molecule has 1 aliphatic heterocycles. The summed E-state index contributed by atoms with van der Waals surface area (Å²) in [5.74, 6) is -0.508. The molecule has 8 heteroatoms. The Balaban J connectivity index is 2.09. The first-order valence-electron chi connectivity index (χ1n) is 9.55. The Morgan fingerprint density at radius 3 is 2.65 bits per heavy atom. The number of methoxy groups -OCH3 is 1. The summed E-state index contributed by atoms with van der Waals surface area (Å²) in [5, 5.41) is 12.9. The van der Waals surface area contributed by atoms with Gasteiger partial charge in [0.15, 0.2) is 16.6 Å². The van der Waals surface area contributed by atoms with Crippen molar-refractivity contribution in [3.63, 3.8) is 0 Å². The van der Waals surface area contributed by atoms with Crippen molar-refractivity contribution < 1.29 is 24.2 Å². The van der Waals surface area contributed by atoms with Gasteiger partial charge in [-0.25, -0.2) is 4.90 Å². The van der Waals surface area contributed by atoms with Gasteiger partial charge in [-0.1, -0.05) is 18.2 Å². The van der Waals surface area contributed by atoms with Crippen LogP contribution in [0.3, 0.4) is 0 Å². The van der Waals surface area contributed by atoms with E-state index in [1.54, 1.807) is 49.4 Å². The second-order valence-corrected chi connectivity index (χ2v) is 6.97. The highest BCUT2D eigenvalue weighted by Crippen LogP contribution is 2.34. The zero-order valence-electron chi connectivity index (χ0n) is 17.2. The number of para-hydroxylation sites is 2. The summed E-state index contributed by atoms with van der Waals surface area (Å²) in [7, 11) is 1.48. The van der Waals surface area contributed by atoms with E-state index in [2.05, 4.69) is 11.9 Å². The molecule has 0 atom stereocenters. The van der Waals surface area contributed by atoms with Crippen LogP contribution in [0, 0.1) is 0 Å². The van der Waals surface area contributed by atoms with Gasteiger partial charge in [-0.3, -0.25) is 14.9 Å². The molecule has 1 heterocycles. The van der Waals surface area contributed by atoms with Crippen LogP contribution in [0.2, 0.25) is 0 Å². The van der Waals surface area contributed by atoms with Gasteiger partial charge in [0.05, 0.1) is 19.4 Å². The Bertz CT molecular complexity index is 1090. The van der Waals surface area contributed by atoms with Crippen LogP contribution in [0.4, 0.5) is 5.69 Å². The Hall–Kier alpha value is -3.65. The fourth-order valence-corrected chi connectivity index (χ4v) is 3.48. The number of aromatic hydroxyl groups is 1.